The second kappa shape index (κ2) is 46.2. The highest BCUT2D eigenvalue weighted by atomic mass is 16.5. The predicted molar refractivity (Wildman–Crippen MR) is 404 cm³/mol. The maximum absolute atomic E-state index is 6.46. The highest BCUT2D eigenvalue weighted by Crippen LogP contribution is 2.47. The molecule has 0 saturated carbocycles. The van der Waals surface area contributed by atoms with Gasteiger partial charge in [0.05, 0.1) is 51.2 Å². The van der Waals surface area contributed by atoms with Crippen molar-refractivity contribution >= 4 is 56.9 Å². The van der Waals surface area contributed by atoms with Crippen LogP contribution in [0.2, 0.25) is 0 Å². The first-order chi connectivity index (χ1) is 45.2. The quantitative estimate of drug-likeness (QED) is 0.0352. The van der Waals surface area contributed by atoms with E-state index in [4.69, 9.17) is 18.9 Å². The molecule has 0 N–H and O–H groups in total. The highest BCUT2D eigenvalue weighted by molar-refractivity contribution is 5.85. The van der Waals surface area contributed by atoms with Crippen molar-refractivity contribution < 1.29 is 18.9 Å². The minimum absolute atomic E-state index is 0.894. The zero-order valence-corrected chi connectivity index (χ0v) is 60.8. The zero-order chi connectivity index (χ0) is 66.0. The van der Waals surface area contributed by atoms with Crippen LogP contribution in [0, 0.1) is 0 Å². The third-order valence-electron chi connectivity index (χ3n) is 18.7. The summed E-state index contributed by atoms with van der Waals surface area (Å²) in [5.74, 6) is 3.58. The molecule has 92 heavy (non-hydrogen) atoms. The minimum atomic E-state index is 0.894. The first kappa shape index (κ1) is 76.8. The number of hydrogen-bond donors (Lipinski definition) is 0. The zero-order valence-electron chi connectivity index (χ0n) is 60.8. The number of anilines is 10. The van der Waals surface area contributed by atoms with Gasteiger partial charge in [-0.3, -0.25) is 0 Å². The molecule has 0 bridgehead atoms. The Morgan fingerprint density at radius 1 is 0.207 bits per heavy atom. The van der Waals surface area contributed by atoms with E-state index < -0.39 is 0 Å². The number of ether oxygens (including phenoxy) is 4. The van der Waals surface area contributed by atoms with Crippen molar-refractivity contribution in [3.05, 3.63) is 97.1 Å². The maximum Gasteiger partial charge on any atom is 0.144 e. The molecule has 10 heteroatoms. The summed E-state index contributed by atoms with van der Waals surface area (Å²) in [5.41, 5.74) is 10.9. The molecule has 0 aliphatic carbocycles. The Morgan fingerprint density at radius 3 is 0.522 bits per heavy atom. The van der Waals surface area contributed by atoms with Crippen molar-refractivity contribution in [1.82, 2.24) is 0 Å². The highest BCUT2D eigenvalue weighted by Gasteiger charge is 2.25. The van der Waals surface area contributed by atoms with Crippen LogP contribution in [0.3, 0.4) is 0 Å². The summed E-state index contributed by atoms with van der Waals surface area (Å²) in [6, 6.07) is 36.8. The monoisotopic (exact) mass is 1270 g/mol. The summed E-state index contributed by atoms with van der Waals surface area (Å²) in [5, 5.41) is 0. The van der Waals surface area contributed by atoms with Crippen LogP contribution in [-0.4, -0.2) is 80.8 Å². The Kier molecular flexibility index (Phi) is 38.6. The molecule has 0 spiro atoms. The molecule has 0 aliphatic heterocycles. The molecule has 10 nitrogen and oxygen atoms in total. The lowest BCUT2D eigenvalue weighted by Gasteiger charge is -2.32. The smallest absolute Gasteiger partial charge is 0.144 e. The van der Waals surface area contributed by atoms with Crippen LogP contribution in [0.5, 0.6) is 23.0 Å². The minimum Gasteiger partial charge on any atom is -0.495 e. The van der Waals surface area contributed by atoms with Gasteiger partial charge in [-0.05, 0) is 124 Å². The van der Waals surface area contributed by atoms with Gasteiger partial charge in [0.2, 0.25) is 0 Å². The number of methoxy groups -OCH3 is 4. The van der Waals surface area contributed by atoms with Gasteiger partial charge in [-0.1, -0.05) is 209 Å². The van der Waals surface area contributed by atoms with E-state index in [2.05, 4.69) is 182 Å². The van der Waals surface area contributed by atoms with Gasteiger partial charge in [-0.2, -0.15) is 0 Å². The summed E-state index contributed by atoms with van der Waals surface area (Å²) in [6.07, 6.45) is 39.2. The Morgan fingerprint density at radius 2 is 0.370 bits per heavy atom. The molecule has 0 atom stereocenters. The average Bonchev–Trinajstić information content (AvgIpc) is 0.821. The largest absolute Gasteiger partial charge is 0.495 e. The fourth-order valence-electron chi connectivity index (χ4n) is 13.2. The fourth-order valence-corrected chi connectivity index (χ4v) is 13.2. The summed E-state index contributed by atoms with van der Waals surface area (Å²) >= 11 is 0. The van der Waals surface area contributed by atoms with Gasteiger partial charge >= 0.3 is 0 Å². The van der Waals surface area contributed by atoms with Crippen molar-refractivity contribution in [2.45, 2.75) is 261 Å². The van der Waals surface area contributed by atoms with E-state index in [9.17, 15) is 0 Å². The Balaban J connectivity index is 1.74. The lowest BCUT2D eigenvalue weighted by Crippen LogP contribution is -2.26. The van der Waals surface area contributed by atoms with Crippen LogP contribution >= 0.6 is 0 Å². The van der Waals surface area contributed by atoms with Gasteiger partial charge < -0.3 is 48.3 Å². The van der Waals surface area contributed by atoms with Crippen LogP contribution in [0.4, 0.5) is 56.9 Å². The molecule has 0 amide bonds. The molecule has 514 valence electrons. The molecule has 5 rings (SSSR count). The van der Waals surface area contributed by atoms with Gasteiger partial charge in [0, 0.05) is 111 Å². The van der Waals surface area contributed by atoms with Crippen LogP contribution in [-0.2, 0) is 0 Å². The molecular formula is C82H132N6O4. The number of benzene rings is 5. The van der Waals surface area contributed by atoms with Gasteiger partial charge in [0.15, 0.2) is 0 Å². The lowest BCUT2D eigenvalue weighted by atomic mass is 10.1. The molecule has 5 aromatic rings. The molecular weight excluding hydrogens is 1130 g/mol. The molecule has 0 aromatic heterocycles. The Hall–Kier alpha value is -5.90. The van der Waals surface area contributed by atoms with Crippen molar-refractivity contribution in [3.63, 3.8) is 0 Å². The van der Waals surface area contributed by atoms with E-state index in [1.807, 2.05) is 28.4 Å². The summed E-state index contributed by atoms with van der Waals surface area (Å²) in [4.78, 5) is 15.2. The molecule has 5 aromatic carbocycles. The van der Waals surface area contributed by atoms with Crippen molar-refractivity contribution in [1.29, 1.82) is 0 Å². The van der Waals surface area contributed by atoms with Crippen molar-refractivity contribution in [3.8, 4) is 23.0 Å². The second-order valence-corrected chi connectivity index (χ2v) is 26.0. The molecule has 0 fully saturated rings. The van der Waals surface area contributed by atoms with Crippen LogP contribution in [0.15, 0.2) is 97.1 Å². The lowest BCUT2D eigenvalue weighted by molar-refractivity contribution is 0.413. The van der Waals surface area contributed by atoms with Crippen LogP contribution in [0.25, 0.3) is 0 Å². The van der Waals surface area contributed by atoms with Gasteiger partial charge in [0.1, 0.15) is 23.0 Å². The molecule has 0 unspecified atom stereocenters. The third kappa shape index (κ3) is 25.1. The van der Waals surface area contributed by atoms with Gasteiger partial charge in [0.25, 0.3) is 0 Å². The Bertz CT molecular complexity index is 2310. The summed E-state index contributed by atoms with van der Waals surface area (Å²) in [6.45, 7) is 26.5. The average molecular weight is 1270 g/mol. The molecule has 0 aliphatic rings. The number of nitrogens with zero attached hydrogens (tertiary/aromatic N) is 6. The first-order valence-electron chi connectivity index (χ1n) is 37.6. The topological polar surface area (TPSA) is 56.4 Å². The van der Waals surface area contributed by atoms with Gasteiger partial charge in [-0.15, -0.1) is 0 Å². The summed E-state index contributed by atoms with van der Waals surface area (Å²) < 4.78 is 25.9. The van der Waals surface area contributed by atoms with E-state index in [1.54, 1.807) is 0 Å². The second-order valence-electron chi connectivity index (χ2n) is 26.0. The summed E-state index contributed by atoms with van der Waals surface area (Å²) in [7, 11) is 7.38. The van der Waals surface area contributed by atoms with E-state index >= 15 is 0 Å². The van der Waals surface area contributed by atoms with E-state index in [0.717, 1.165) is 109 Å². The van der Waals surface area contributed by atoms with Crippen LogP contribution in [0.1, 0.15) is 261 Å². The van der Waals surface area contributed by atoms with Crippen LogP contribution < -0.4 is 48.3 Å². The third-order valence-corrected chi connectivity index (χ3v) is 18.7. The fraction of sp³-hybridized carbons (Fsp3) is 0.634. The van der Waals surface area contributed by atoms with E-state index in [-0.39, 0.29) is 0 Å². The first-order valence-corrected chi connectivity index (χ1v) is 37.6. The number of unbranched alkanes of at least 4 members (excludes halogenated alkanes) is 24. The van der Waals surface area contributed by atoms with E-state index in [1.165, 1.54) is 228 Å². The molecule has 0 radical (unpaired) electrons. The molecule has 0 saturated heterocycles. The number of hydrogen-bond acceptors (Lipinski definition) is 10. The number of rotatable bonds is 54. The van der Waals surface area contributed by atoms with Crippen molar-refractivity contribution in [2.24, 2.45) is 0 Å². The normalized spacial score (nSPS) is 11.3. The maximum atomic E-state index is 6.46. The standard InChI is InChI=1S/C82H132N6O4/c1-13-21-29-37-57-83(58-38-30-22-14-2)75-53-49-71(65-79(75)89-9)87(72-50-54-76(80(66-72)90-10)84(59-39-31-23-15-3)60-40-32-24-16-4)69-45-47-70(48-46-69)88(73-51-55-77(81(67-73)91-11)85(61-41-33-25-17-5)62-42-34-26-18-6)74-52-56-78(82(68-74)92-12)86(63-43-35-27-19-7)64-44-36-28-20-8/h45-56,65-68H,13-44,57-64H2,1-12H3. The van der Waals surface area contributed by atoms with Gasteiger partial charge in [-0.25, -0.2) is 0 Å². The molecule has 0 heterocycles. The Labute approximate surface area is 564 Å². The van der Waals surface area contributed by atoms with Crippen molar-refractivity contribution in [2.75, 3.05) is 110 Å². The predicted octanol–water partition coefficient (Wildman–Crippen LogP) is 24.5. The van der Waals surface area contributed by atoms with E-state index in [0.29, 0.717) is 0 Å². The SMILES string of the molecule is CCCCCCN(CCCCCC)c1ccc(N(c2ccc(N(c3ccc(N(CCCCCC)CCCCCC)c(OC)c3)c3ccc(N(CCCCCC)CCCCCC)c(OC)c3)cc2)c2ccc(N(CCCCCC)CCCCCC)c(OC)c2)cc1OC.